The van der Waals surface area contributed by atoms with E-state index in [4.69, 9.17) is 11.6 Å². The zero-order chi connectivity index (χ0) is 18.0. The molecule has 1 aromatic carbocycles. The number of hydrogen-bond acceptors (Lipinski definition) is 4. The fourth-order valence-electron chi connectivity index (χ4n) is 2.84. The predicted octanol–water partition coefficient (Wildman–Crippen LogP) is 3.99. The Morgan fingerprint density at radius 3 is 2.72 bits per heavy atom. The topological polar surface area (TPSA) is 55.2 Å². The Labute approximate surface area is 158 Å². The van der Waals surface area contributed by atoms with Gasteiger partial charge in [-0.25, -0.2) is 13.4 Å². The first-order valence-electron chi connectivity index (χ1n) is 8.29. The third kappa shape index (κ3) is 4.05. The normalized spacial score (nSPS) is 19.9. The fraction of sp³-hybridized carbons (Fsp3) is 0.471. The van der Waals surface area contributed by atoms with Gasteiger partial charge in [-0.3, -0.25) is 0 Å². The van der Waals surface area contributed by atoms with Crippen molar-refractivity contribution in [2.45, 2.75) is 36.6 Å². The summed E-state index contributed by atoms with van der Waals surface area (Å²) in [6.07, 6.45) is 3.93. The van der Waals surface area contributed by atoms with Gasteiger partial charge in [-0.2, -0.15) is 16.1 Å². The summed E-state index contributed by atoms with van der Waals surface area (Å²) in [5.41, 5.74) is 1.08. The van der Waals surface area contributed by atoms with E-state index in [-0.39, 0.29) is 16.3 Å². The van der Waals surface area contributed by atoms with Crippen molar-refractivity contribution in [2.75, 3.05) is 18.8 Å². The number of aromatic nitrogens is 2. The minimum Gasteiger partial charge on any atom is -0.334 e. The standard InChI is InChI=1S/C17H22ClN3O2S2/c1-13(2)20-11-17(19-12-20)25(22,23)21-8-7-16(24-10-9-21)14-5-3-4-6-15(14)18/h3-6,11-13,16H,7-10H2,1-2H3/t16-/m0/s1. The van der Waals surface area contributed by atoms with Crippen molar-refractivity contribution in [2.24, 2.45) is 0 Å². The number of hydrogen-bond donors (Lipinski definition) is 0. The highest BCUT2D eigenvalue weighted by Gasteiger charge is 2.30. The Morgan fingerprint density at radius 2 is 2.04 bits per heavy atom. The second-order valence-electron chi connectivity index (χ2n) is 6.33. The maximum absolute atomic E-state index is 12.9. The maximum atomic E-state index is 12.9. The van der Waals surface area contributed by atoms with Crippen LogP contribution in [0.5, 0.6) is 0 Å². The molecule has 1 saturated heterocycles. The molecule has 25 heavy (non-hydrogen) atoms. The largest absolute Gasteiger partial charge is 0.334 e. The van der Waals surface area contributed by atoms with Crippen LogP contribution in [0.1, 0.15) is 37.1 Å². The van der Waals surface area contributed by atoms with E-state index in [2.05, 4.69) is 4.98 Å². The summed E-state index contributed by atoms with van der Waals surface area (Å²) in [6.45, 7) is 4.95. The van der Waals surface area contributed by atoms with Crippen LogP contribution in [-0.2, 0) is 10.0 Å². The van der Waals surface area contributed by atoms with Crippen LogP contribution in [0.2, 0.25) is 5.02 Å². The van der Waals surface area contributed by atoms with Gasteiger partial charge in [0.1, 0.15) is 0 Å². The summed E-state index contributed by atoms with van der Waals surface area (Å²) in [6, 6.07) is 7.97. The van der Waals surface area contributed by atoms with Gasteiger partial charge in [0.2, 0.25) is 0 Å². The fourth-order valence-corrected chi connectivity index (χ4v) is 5.93. The lowest BCUT2D eigenvalue weighted by molar-refractivity contribution is 0.426. The Kier molecular flexibility index (Phi) is 5.78. The van der Waals surface area contributed by atoms with E-state index in [1.54, 1.807) is 28.6 Å². The number of benzene rings is 1. The van der Waals surface area contributed by atoms with E-state index in [1.807, 2.05) is 42.7 Å². The number of sulfonamides is 1. The molecule has 0 amide bonds. The molecule has 1 aliphatic heterocycles. The van der Waals surface area contributed by atoms with Crippen LogP contribution < -0.4 is 0 Å². The van der Waals surface area contributed by atoms with Crippen molar-refractivity contribution in [3.05, 3.63) is 47.4 Å². The first-order valence-corrected chi connectivity index (χ1v) is 11.2. The van der Waals surface area contributed by atoms with E-state index >= 15 is 0 Å². The molecule has 2 aromatic rings. The van der Waals surface area contributed by atoms with Crippen LogP contribution in [0.25, 0.3) is 0 Å². The second kappa shape index (κ2) is 7.70. The highest BCUT2D eigenvalue weighted by Crippen LogP contribution is 2.38. The van der Waals surface area contributed by atoms with E-state index in [0.29, 0.717) is 13.1 Å². The average molecular weight is 400 g/mol. The monoisotopic (exact) mass is 399 g/mol. The summed E-state index contributed by atoms with van der Waals surface area (Å²) < 4.78 is 29.2. The molecule has 1 atom stereocenters. The molecule has 0 spiro atoms. The number of nitrogens with zero attached hydrogens (tertiary/aromatic N) is 3. The SMILES string of the molecule is CC(C)n1cnc(S(=O)(=O)N2CCS[C@H](c3ccccc3Cl)CC2)c1. The first kappa shape index (κ1) is 18.8. The van der Waals surface area contributed by atoms with E-state index < -0.39 is 10.0 Å². The molecule has 1 fully saturated rings. The highest BCUT2D eigenvalue weighted by atomic mass is 35.5. The quantitative estimate of drug-likeness (QED) is 0.780. The molecule has 136 valence electrons. The molecule has 8 heteroatoms. The molecule has 0 aliphatic carbocycles. The Morgan fingerprint density at radius 1 is 1.28 bits per heavy atom. The maximum Gasteiger partial charge on any atom is 0.262 e. The smallest absolute Gasteiger partial charge is 0.262 e. The van der Waals surface area contributed by atoms with Crippen LogP contribution in [-0.4, -0.2) is 41.1 Å². The van der Waals surface area contributed by atoms with E-state index in [0.717, 1.165) is 22.8 Å². The Bertz CT molecular complexity index is 836. The predicted molar refractivity (Wildman–Crippen MR) is 103 cm³/mol. The van der Waals surface area contributed by atoms with Gasteiger partial charge in [0.05, 0.1) is 6.33 Å². The lowest BCUT2D eigenvalue weighted by Gasteiger charge is -2.19. The minimum atomic E-state index is -3.56. The molecular weight excluding hydrogens is 378 g/mol. The van der Waals surface area contributed by atoms with Crippen molar-refractivity contribution in [3.8, 4) is 0 Å². The zero-order valence-corrected chi connectivity index (χ0v) is 16.7. The lowest BCUT2D eigenvalue weighted by atomic mass is 10.1. The molecule has 1 aliphatic rings. The summed E-state index contributed by atoms with van der Waals surface area (Å²) >= 11 is 8.07. The lowest BCUT2D eigenvalue weighted by Crippen LogP contribution is -2.33. The van der Waals surface area contributed by atoms with E-state index in [1.165, 1.54) is 0 Å². The van der Waals surface area contributed by atoms with Crippen molar-refractivity contribution in [1.29, 1.82) is 0 Å². The molecule has 0 N–H and O–H groups in total. The van der Waals surface area contributed by atoms with Crippen LogP contribution in [0.15, 0.2) is 41.8 Å². The van der Waals surface area contributed by atoms with Gasteiger partial charge in [0.15, 0.2) is 5.03 Å². The van der Waals surface area contributed by atoms with Gasteiger partial charge in [-0.1, -0.05) is 29.8 Å². The van der Waals surface area contributed by atoms with Crippen molar-refractivity contribution >= 4 is 33.4 Å². The molecule has 2 heterocycles. The molecule has 0 unspecified atom stereocenters. The minimum absolute atomic E-state index is 0.127. The molecular formula is C17H22ClN3O2S2. The number of rotatable bonds is 4. The Balaban J connectivity index is 1.77. The summed E-state index contributed by atoms with van der Waals surface area (Å²) in [7, 11) is -3.56. The van der Waals surface area contributed by atoms with Gasteiger partial charge in [0.25, 0.3) is 10.0 Å². The summed E-state index contributed by atoms with van der Waals surface area (Å²) in [4.78, 5) is 4.11. The van der Waals surface area contributed by atoms with Gasteiger partial charge >= 0.3 is 0 Å². The molecule has 0 radical (unpaired) electrons. The average Bonchev–Trinajstić information content (AvgIpc) is 2.95. The van der Waals surface area contributed by atoms with Gasteiger partial charge < -0.3 is 4.57 Å². The van der Waals surface area contributed by atoms with Gasteiger partial charge in [-0.15, -0.1) is 0 Å². The first-order chi connectivity index (χ1) is 11.9. The Hall–Kier alpha value is -1.02. The molecule has 5 nitrogen and oxygen atoms in total. The van der Waals surface area contributed by atoms with Crippen LogP contribution in [0.3, 0.4) is 0 Å². The van der Waals surface area contributed by atoms with Crippen LogP contribution in [0, 0.1) is 0 Å². The number of imidazole rings is 1. The van der Waals surface area contributed by atoms with E-state index in [9.17, 15) is 8.42 Å². The van der Waals surface area contributed by atoms with Gasteiger partial charge in [0, 0.05) is 41.4 Å². The molecule has 1 aromatic heterocycles. The van der Waals surface area contributed by atoms with Crippen molar-refractivity contribution in [1.82, 2.24) is 13.9 Å². The second-order valence-corrected chi connectivity index (χ2v) is 9.93. The molecule has 0 saturated carbocycles. The van der Waals surface area contributed by atoms with Gasteiger partial charge in [-0.05, 0) is 31.9 Å². The third-order valence-electron chi connectivity index (χ3n) is 4.33. The molecule has 3 rings (SSSR count). The zero-order valence-electron chi connectivity index (χ0n) is 14.3. The number of thioether (sulfide) groups is 1. The number of halogens is 1. The highest BCUT2D eigenvalue weighted by molar-refractivity contribution is 7.99. The van der Waals surface area contributed by atoms with Crippen molar-refractivity contribution in [3.63, 3.8) is 0 Å². The molecule has 0 bridgehead atoms. The summed E-state index contributed by atoms with van der Waals surface area (Å²) in [5, 5.41) is 1.08. The van der Waals surface area contributed by atoms with Crippen LogP contribution in [0.4, 0.5) is 0 Å². The third-order valence-corrected chi connectivity index (χ3v) is 7.77. The van der Waals surface area contributed by atoms with Crippen molar-refractivity contribution < 1.29 is 8.42 Å². The van der Waals surface area contributed by atoms with Crippen LogP contribution >= 0.6 is 23.4 Å². The summed E-state index contributed by atoms with van der Waals surface area (Å²) in [5.74, 6) is 0.736.